The Morgan fingerprint density at radius 1 is 0.837 bits per heavy atom. The Morgan fingerprint density at radius 2 is 1.51 bits per heavy atom. The second kappa shape index (κ2) is 9.76. The molecule has 4 amide bonds. The van der Waals surface area contributed by atoms with Gasteiger partial charge in [-0.3, -0.25) is 24.1 Å². The largest absolute Gasteiger partial charge is 0.508 e. The Morgan fingerprint density at radius 3 is 2.19 bits per heavy atom. The summed E-state index contributed by atoms with van der Waals surface area (Å²) in [5, 5.41) is 10.0. The molecule has 2 heterocycles. The van der Waals surface area contributed by atoms with Crippen molar-refractivity contribution in [2.45, 2.75) is 35.1 Å². The second-order valence-corrected chi connectivity index (χ2v) is 12.8. The van der Waals surface area contributed by atoms with Gasteiger partial charge < -0.3 is 5.11 Å². The van der Waals surface area contributed by atoms with Crippen molar-refractivity contribution >= 4 is 52.5 Å². The lowest BCUT2D eigenvalue weighted by molar-refractivity contribution is -0.141. The molecule has 0 bridgehead atoms. The lowest BCUT2D eigenvalue weighted by atomic mass is 9.56. The molecule has 3 fully saturated rings. The van der Waals surface area contributed by atoms with Crippen LogP contribution < -0.4 is 4.90 Å². The van der Waals surface area contributed by atoms with Crippen LogP contribution in [0.25, 0.3) is 0 Å². The Bertz CT molecular complexity index is 1710. The predicted octanol–water partition coefficient (Wildman–Crippen LogP) is 5.29. The summed E-state index contributed by atoms with van der Waals surface area (Å²) >= 11 is 14.6. The summed E-state index contributed by atoms with van der Waals surface area (Å²) in [6.45, 7) is 0.121. The van der Waals surface area contributed by atoms with Crippen molar-refractivity contribution in [1.82, 2.24) is 4.90 Å². The number of phenols is 1. The summed E-state index contributed by atoms with van der Waals surface area (Å²) in [6.07, 6.45) is 1.96. The molecule has 6 unspecified atom stereocenters. The van der Waals surface area contributed by atoms with Gasteiger partial charge in [0, 0.05) is 5.92 Å². The third-order valence-electron chi connectivity index (χ3n) is 9.40. The van der Waals surface area contributed by atoms with Crippen molar-refractivity contribution in [2.75, 3.05) is 4.90 Å². The van der Waals surface area contributed by atoms with E-state index >= 15 is 0 Å². The number of halogens is 3. The number of allylic oxidation sites excluding steroid dienone is 2. The van der Waals surface area contributed by atoms with Crippen LogP contribution in [0.3, 0.4) is 0 Å². The molecular weight excluding hydrogens is 594 g/mol. The fourth-order valence-electron chi connectivity index (χ4n) is 7.43. The van der Waals surface area contributed by atoms with E-state index < -0.39 is 51.1 Å². The van der Waals surface area contributed by atoms with E-state index in [4.69, 9.17) is 23.2 Å². The lowest BCUT2D eigenvalue weighted by Gasteiger charge is -2.50. The van der Waals surface area contributed by atoms with Crippen molar-refractivity contribution in [3.63, 3.8) is 0 Å². The molecule has 0 radical (unpaired) electrons. The molecule has 4 aliphatic rings. The molecule has 2 saturated heterocycles. The van der Waals surface area contributed by atoms with Gasteiger partial charge in [0.2, 0.25) is 11.8 Å². The van der Waals surface area contributed by atoms with Crippen LogP contribution in [0.5, 0.6) is 5.75 Å². The number of amides is 4. The van der Waals surface area contributed by atoms with Gasteiger partial charge in [0.1, 0.15) is 11.6 Å². The van der Waals surface area contributed by atoms with E-state index in [0.29, 0.717) is 11.1 Å². The molecule has 7 nitrogen and oxygen atoms in total. The third-order valence-corrected chi connectivity index (χ3v) is 10.8. The van der Waals surface area contributed by atoms with E-state index in [1.165, 1.54) is 29.2 Å². The molecule has 2 aliphatic carbocycles. The number of carbonyl (C=O) groups is 4. The monoisotopic (exact) mass is 618 g/mol. The average Bonchev–Trinajstić information content (AvgIpc) is 3.32. The van der Waals surface area contributed by atoms with Crippen molar-refractivity contribution in [3.8, 4) is 5.75 Å². The molecule has 3 aromatic rings. The summed E-state index contributed by atoms with van der Waals surface area (Å²) in [7, 11) is 0. The zero-order valence-corrected chi connectivity index (χ0v) is 24.1. The molecular formula is C33H25Cl2FN2O5. The van der Waals surface area contributed by atoms with Crippen molar-refractivity contribution in [1.29, 1.82) is 0 Å². The normalized spacial score (nSPS) is 31.6. The minimum atomic E-state index is -2.01. The molecule has 6 atom stereocenters. The number of aromatic hydroxyl groups is 1. The first-order valence-electron chi connectivity index (χ1n) is 14.0. The lowest BCUT2D eigenvalue weighted by Crippen LogP contribution is -2.60. The number of carbonyl (C=O) groups excluding carboxylic acids is 4. The standard InChI is InChI=1S/C33H25Cl2FN2O5/c34-32-16-25-23(14-15-24-26(25)29(41)37(28(24)40)17-18-4-2-1-3-5-18)27(19-6-12-22(39)13-7-19)33(32,35)31(43)38(30(32)42)21-10-8-20(36)9-11-21/h1-14,24-27,39H,15-17H2. The molecule has 10 heteroatoms. The summed E-state index contributed by atoms with van der Waals surface area (Å²) in [4.78, 5) is 54.2. The molecule has 218 valence electrons. The molecule has 43 heavy (non-hydrogen) atoms. The molecule has 1 N–H and O–H groups in total. The van der Waals surface area contributed by atoms with Gasteiger partial charge in [0.05, 0.1) is 24.1 Å². The Hall–Kier alpha value is -4.01. The number of hydrogen-bond acceptors (Lipinski definition) is 5. The van der Waals surface area contributed by atoms with Gasteiger partial charge in [0.15, 0.2) is 9.75 Å². The van der Waals surface area contributed by atoms with Crippen LogP contribution >= 0.6 is 23.2 Å². The van der Waals surface area contributed by atoms with E-state index in [-0.39, 0.29) is 42.6 Å². The van der Waals surface area contributed by atoms with Crippen molar-refractivity contribution in [3.05, 3.63) is 107 Å². The average molecular weight is 619 g/mol. The first-order chi connectivity index (χ1) is 20.6. The summed E-state index contributed by atoms with van der Waals surface area (Å²) < 4.78 is 13.8. The molecule has 0 spiro atoms. The fraction of sp³-hybridized carbons (Fsp3) is 0.273. The summed E-state index contributed by atoms with van der Waals surface area (Å²) in [5.41, 5.74) is 2.10. The van der Waals surface area contributed by atoms with E-state index in [2.05, 4.69) is 0 Å². The summed E-state index contributed by atoms with van der Waals surface area (Å²) in [5.74, 6) is -5.80. The van der Waals surface area contributed by atoms with Gasteiger partial charge in [-0.2, -0.15) is 0 Å². The molecule has 7 rings (SSSR count). The first kappa shape index (κ1) is 27.8. The smallest absolute Gasteiger partial charge is 0.258 e. The highest BCUT2D eigenvalue weighted by molar-refractivity contribution is 6.58. The van der Waals surface area contributed by atoms with Crippen LogP contribution in [0.15, 0.2) is 90.5 Å². The maximum absolute atomic E-state index is 14.3. The number of hydrogen-bond donors (Lipinski definition) is 1. The Balaban J connectivity index is 1.36. The topological polar surface area (TPSA) is 95.0 Å². The van der Waals surface area contributed by atoms with E-state index in [9.17, 15) is 28.7 Å². The number of phenolic OH excluding ortho intramolecular Hbond substituents is 1. The third kappa shape index (κ3) is 3.85. The fourth-order valence-corrected chi connectivity index (χ4v) is 8.36. The molecule has 0 aromatic heterocycles. The van der Waals surface area contributed by atoms with Gasteiger partial charge in [-0.25, -0.2) is 9.29 Å². The number of rotatable bonds is 4. The van der Waals surface area contributed by atoms with Crippen LogP contribution in [0.2, 0.25) is 0 Å². The molecule has 2 aliphatic heterocycles. The Labute approximate surface area is 256 Å². The number of imide groups is 2. The minimum absolute atomic E-state index is 0.00978. The SMILES string of the molecule is O=C1C2CC=C3C(CC4(Cl)C(=O)N(c5ccc(F)cc5)C(=O)C4(Cl)C3c3ccc(O)cc3)C2C(=O)N1Cc1ccccc1. The Kier molecular flexibility index (Phi) is 6.31. The van der Waals surface area contributed by atoms with E-state index in [1.54, 1.807) is 12.1 Å². The van der Waals surface area contributed by atoms with Gasteiger partial charge in [-0.1, -0.05) is 54.1 Å². The van der Waals surface area contributed by atoms with Crippen molar-refractivity contribution in [2.24, 2.45) is 17.8 Å². The van der Waals surface area contributed by atoms with Gasteiger partial charge >= 0.3 is 0 Å². The van der Waals surface area contributed by atoms with Crippen LogP contribution in [-0.4, -0.2) is 43.4 Å². The number of benzene rings is 3. The zero-order chi connectivity index (χ0) is 30.3. The predicted molar refractivity (Wildman–Crippen MR) is 157 cm³/mol. The second-order valence-electron chi connectivity index (χ2n) is 11.6. The number of anilines is 1. The number of nitrogens with zero attached hydrogens (tertiary/aromatic N) is 2. The maximum atomic E-state index is 14.3. The number of likely N-dealkylation sites (tertiary alicyclic amines) is 1. The summed E-state index contributed by atoms with van der Waals surface area (Å²) in [6, 6.07) is 20.2. The highest BCUT2D eigenvalue weighted by Gasteiger charge is 2.76. The van der Waals surface area contributed by atoms with Crippen LogP contribution in [0.4, 0.5) is 10.1 Å². The molecule has 1 saturated carbocycles. The highest BCUT2D eigenvalue weighted by atomic mass is 35.5. The quantitative estimate of drug-likeness (QED) is 0.243. The van der Waals surface area contributed by atoms with Gasteiger partial charge in [0.25, 0.3) is 11.8 Å². The van der Waals surface area contributed by atoms with Crippen LogP contribution in [0, 0.1) is 23.6 Å². The number of alkyl halides is 2. The minimum Gasteiger partial charge on any atom is -0.508 e. The maximum Gasteiger partial charge on any atom is 0.258 e. The number of fused-ring (bicyclic) bond motifs is 4. The van der Waals surface area contributed by atoms with Gasteiger partial charge in [-0.15, -0.1) is 23.2 Å². The van der Waals surface area contributed by atoms with Crippen LogP contribution in [0.1, 0.15) is 29.9 Å². The van der Waals surface area contributed by atoms with E-state index in [1.807, 2.05) is 36.4 Å². The van der Waals surface area contributed by atoms with Crippen molar-refractivity contribution < 1.29 is 28.7 Å². The zero-order valence-electron chi connectivity index (χ0n) is 22.6. The highest BCUT2D eigenvalue weighted by Crippen LogP contribution is 2.65. The van der Waals surface area contributed by atoms with E-state index in [0.717, 1.165) is 22.6 Å². The first-order valence-corrected chi connectivity index (χ1v) is 14.7. The van der Waals surface area contributed by atoms with Crippen LogP contribution in [-0.2, 0) is 25.7 Å². The van der Waals surface area contributed by atoms with Gasteiger partial charge in [-0.05, 0) is 66.3 Å². The molecule has 3 aromatic carbocycles.